The summed E-state index contributed by atoms with van der Waals surface area (Å²) in [6, 6.07) is 12.6. The summed E-state index contributed by atoms with van der Waals surface area (Å²) in [5.74, 6) is -0.680. The topological polar surface area (TPSA) is 54.5 Å². The molecule has 0 aromatic heterocycles. The number of benzene rings is 2. The Kier molecular flexibility index (Phi) is 5.28. The first kappa shape index (κ1) is 19.4. The number of carbonyl (C=O) groups is 1. The van der Waals surface area contributed by atoms with Gasteiger partial charge in [0.2, 0.25) is 0 Å². The van der Waals surface area contributed by atoms with Crippen LogP contribution in [-0.4, -0.2) is 37.7 Å². The first-order valence-electron chi connectivity index (χ1n) is 8.42. The van der Waals surface area contributed by atoms with Crippen LogP contribution < -0.4 is 0 Å². The molecular formula is C19H18F3NO3S. The maximum absolute atomic E-state index is 13.0. The minimum absolute atomic E-state index is 0.0105. The van der Waals surface area contributed by atoms with Gasteiger partial charge in [0.05, 0.1) is 10.6 Å². The molecule has 0 spiro atoms. The second kappa shape index (κ2) is 7.34. The molecule has 4 nitrogen and oxygen atoms in total. The van der Waals surface area contributed by atoms with Gasteiger partial charge >= 0.3 is 6.18 Å². The van der Waals surface area contributed by atoms with Gasteiger partial charge < -0.3 is 4.90 Å². The number of amides is 1. The average molecular weight is 397 g/mol. The van der Waals surface area contributed by atoms with Crippen LogP contribution in [0.4, 0.5) is 13.2 Å². The van der Waals surface area contributed by atoms with Crippen molar-refractivity contribution in [3.63, 3.8) is 0 Å². The standard InChI is InChI=1S/C19H18F3NO3S/c20-19(21,22)10-9-14-5-1-3-7-16(14)18(24)23-11-12-27(25,26)17-8-4-2-6-15(17)13-23/h1-8H,9-13H2. The molecular weight excluding hydrogens is 379 g/mol. The Morgan fingerprint density at radius 1 is 1.04 bits per heavy atom. The summed E-state index contributed by atoms with van der Waals surface area (Å²) in [5, 5.41) is 0. The van der Waals surface area contributed by atoms with Gasteiger partial charge in [-0.1, -0.05) is 36.4 Å². The quantitative estimate of drug-likeness (QED) is 0.795. The van der Waals surface area contributed by atoms with Crippen molar-refractivity contribution in [3.8, 4) is 0 Å². The van der Waals surface area contributed by atoms with Crippen LogP contribution in [0.1, 0.15) is 27.9 Å². The number of rotatable bonds is 3. The molecule has 27 heavy (non-hydrogen) atoms. The molecule has 3 rings (SSSR count). The SMILES string of the molecule is O=C(c1ccccc1CCC(F)(F)F)N1CCS(=O)(=O)c2ccccc2C1. The number of sulfone groups is 1. The summed E-state index contributed by atoms with van der Waals surface area (Å²) >= 11 is 0. The Morgan fingerprint density at radius 3 is 2.44 bits per heavy atom. The minimum Gasteiger partial charge on any atom is -0.333 e. The zero-order valence-corrected chi connectivity index (χ0v) is 15.2. The van der Waals surface area contributed by atoms with E-state index in [0.717, 1.165) is 0 Å². The van der Waals surface area contributed by atoms with Gasteiger partial charge in [0.25, 0.3) is 5.91 Å². The fraction of sp³-hybridized carbons (Fsp3) is 0.316. The summed E-state index contributed by atoms with van der Waals surface area (Å²) in [7, 11) is -3.51. The molecule has 0 aliphatic carbocycles. The van der Waals surface area contributed by atoms with Crippen molar-refractivity contribution >= 4 is 15.7 Å². The number of alkyl halides is 3. The lowest BCUT2D eigenvalue weighted by Gasteiger charge is -2.22. The predicted molar refractivity (Wildman–Crippen MR) is 94.1 cm³/mol. The lowest BCUT2D eigenvalue weighted by atomic mass is 10.0. The van der Waals surface area contributed by atoms with Gasteiger partial charge in [-0.25, -0.2) is 8.42 Å². The Hall–Kier alpha value is -2.35. The van der Waals surface area contributed by atoms with Crippen molar-refractivity contribution in [1.82, 2.24) is 4.90 Å². The molecule has 0 atom stereocenters. The predicted octanol–water partition coefficient (Wildman–Crippen LogP) is 3.61. The second-order valence-corrected chi connectivity index (χ2v) is 8.50. The molecule has 0 saturated heterocycles. The Labute approximate surface area is 155 Å². The molecule has 0 N–H and O–H groups in total. The lowest BCUT2D eigenvalue weighted by Crippen LogP contribution is -2.33. The third-order valence-corrected chi connectivity index (χ3v) is 6.30. The van der Waals surface area contributed by atoms with E-state index in [2.05, 4.69) is 0 Å². The zero-order valence-electron chi connectivity index (χ0n) is 14.4. The summed E-state index contributed by atoms with van der Waals surface area (Å²) in [6.07, 6.45) is -5.63. The largest absolute Gasteiger partial charge is 0.389 e. The summed E-state index contributed by atoms with van der Waals surface area (Å²) in [4.78, 5) is 14.6. The highest BCUT2D eigenvalue weighted by Gasteiger charge is 2.30. The molecule has 2 aromatic carbocycles. The fourth-order valence-corrected chi connectivity index (χ4v) is 4.63. The molecule has 0 bridgehead atoms. The van der Waals surface area contributed by atoms with Gasteiger partial charge in [0, 0.05) is 25.1 Å². The van der Waals surface area contributed by atoms with Crippen LogP contribution in [0.25, 0.3) is 0 Å². The van der Waals surface area contributed by atoms with E-state index in [1.165, 1.54) is 23.1 Å². The van der Waals surface area contributed by atoms with E-state index >= 15 is 0 Å². The molecule has 1 amide bonds. The van der Waals surface area contributed by atoms with Crippen molar-refractivity contribution in [1.29, 1.82) is 0 Å². The van der Waals surface area contributed by atoms with E-state index in [1.807, 2.05) is 0 Å². The van der Waals surface area contributed by atoms with Crippen molar-refractivity contribution in [2.24, 2.45) is 0 Å². The Bertz CT molecular complexity index is 955. The van der Waals surface area contributed by atoms with Crippen molar-refractivity contribution < 1.29 is 26.4 Å². The maximum atomic E-state index is 13.0. The molecule has 0 radical (unpaired) electrons. The van der Waals surface area contributed by atoms with Gasteiger partial charge in [0.15, 0.2) is 9.84 Å². The van der Waals surface area contributed by atoms with Crippen molar-refractivity contribution in [2.75, 3.05) is 12.3 Å². The number of hydrogen-bond donors (Lipinski definition) is 0. The molecule has 144 valence electrons. The van der Waals surface area contributed by atoms with Crippen LogP contribution in [0.15, 0.2) is 53.4 Å². The second-order valence-electron chi connectivity index (χ2n) is 6.43. The normalized spacial score (nSPS) is 16.5. The molecule has 1 aliphatic rings. The molecule has 0 unspecified atom stereocenters. The minimum atomic E-state index is -4.31. The summed E-state index contributed by atoms with van der Waals surface area (Å²) < 4.78 is 62.5. The molecule has 0 saturated carbocycles. The first-order chi connectivity index (χ1) is 12.7. The van der Waals surface area contributed by atoms with Crippen molar-refractivity contribution in [2.45, 2.75) is 30.5 Å². The fourth-order valence-electron chi connectivity index (χ4n) is 3.13. The van der Waals surface area contributed by atoms with Gasteiger partial charge in [-0.05, 0) is 29.7 Å². The van der Waals surface area contributed by atoms with E-state index in [4.69, 9.17) is 0 Å². The summed E-state index contributed by atoms with van der Waals surface area (Å²) in [6.45, 7) is 0.0886. The van der Waals surface area contributed by atoms with E-state index < -0.39 is 28.3 Å². The van der Waals surface area contributed by atoms with Crippen LogP contribution in [0.3, 0.4) is 0 Å². The average Bonchev–Trinajstić information content (AvgIpc) is 2.75. The molecule has 1 heterocycles. The van der Waals surface area contributed by atoms with E-state index in [1.54, 1.807) is 30.3 Å². The van der Waals surface area contributed by atoms with E-state index in [9.17, 15) is 26.4 Å². The van der Waals surface area contributed by atoms with Gasteiger partial charge in [0.1, 0.15) is 0 Å². The number of hydrogen-bond acceptors (Lipinski definition) is 3. The molecule has 8 heteroatoms. The third-order valence-electron chi connectivity index (χ3n) is 4.51. The van der Waals surface area contributed by atoms with Crippen LogP contribution in [-0.2, 0) is 22.8 Å². The monoisotopic (exact) mass is 397 g/mol. The van der Waals surface area contributed by atoms with Crippen LogP contribution >= 0.6 is 0 Å². The Balaban J connectivity index is 1.89. The molecule has 1 aliphatic heterocycles. The number of carbonyl (C=O) groups excluding carboxylic acids is 1. The van der Waals surface area contributed by atoms with Crippen molar-refractivity contribution in [3.05, 3.63) is 65.2 Å². The number of nitrogens with zero attached hydrogens (tertiary/aromatic N) is 1. The van der Waals surface area contributed by atoms with E-state index in [-0.39, 0.29) is 35.7 Å². The highest BCUT2D eigenvalue weighted by Crippen LogP contribution is 2.26. The Morgan fingerprint density at radius 2 is 1.70 bits per heavy atom. The molecule has 0 fully saturated rings. The van der Waals surface area contributed by atoms with Gasteiger partial charge in [-0.3, -0.25) is 4.79 Å². The maximum Gasteiger partial charge on any atom is 0.389 e. The third kappa shape index (κ3) is 4.50. The van der Waals surface area contributed by atoms with Crippen LogP contribution in [0, 0.1) is 0 Å². The van der Waals surface area contributed by atoms with Gasteiger partial charge in [-0.2, -0.15) is 13.2 Å². The number of fused-ring (bicyclic) bond motifs is 1. The van der Waals surface area contributed by atoms with Gasteiger partial charge in [-0.15, -0.1) is 0 Å². The summed E-state index contributed by atoms with van der Waals surface area (Å²) in [5.41, 5.74) is 0.995. The number of halogens is 3. The smallest absolute Gasteiger partial charge is 0.333 e. The number of aryl methyl sites for hydroxylation is 1. The van der Waals surface area contributed by atoms with E-state index in [0.29, 0.717) is 11.1 Å². The first-order valence-corrected chi connectivity index (χ1v) is 10.1. The van der Waals surface area contributed by atoms with Crippen LogP contribution in [0.5, 0.6) is 0 Å². The highest BCUT2D eigenvalue weighted by molar-refractivity contribution is 7.91. The lowest BCUT2D eigenvalue weighted by molar-refractivity contribution is -0.134. The van der Waals surface area contributed by atoms with Crippen LogP contribution in [0.2, 0.25) is 0 Å². The molecule has 2 aromatic rings. The zero-order chi connectivity index (χ0) is 19.7. The highest BCUT2D eigenvalue weighted by atomic mass is 32.2.